The fourth-order valence-corrected chi connectivity index (χ4v) is 2.10. The molecule has 0 aromatic carbocycles. The van der Waals surface area contributed by atoms with Crippen LogP contribution in [-0.2, 0) is 5.41 Å². The lowest BCUT2D eigenvalue weighted by Crippen LogP contribution is -2.57. The van der Waals surface area contributed by atoms with Crippen molar-refractivity contribution in [2.45, 2.75) is 39.2 Å². The zero-order valence-electron chi connectivity index (χ0n) is 11.3. The summed E-state index contributed by atoms with van der Waals surface area (Å²) < 4.78 is 0. The van der Waals surface area contributed by atoms with Gasteiger partial charge in [0.05, 0.1) is 6.04 Å². The van der Waals surface area contributed by atoms with Crippen molar-refractivity contribution in [3.05, 3.63) is 23.9 Å². The van der Waals surface area contributed by atoms with Crippen LogP contribution in [0.4, 0.5) is 5.82 Å². The summed E-state index contributed by atoms with van der Waals surface area (Å²) in [5, 5.41) is 3.31. The van der Waals surface area contributed by atoms with E-state index in [9.17, 15) is 0 Å². The van der Waals surface area contributed by atoms with E-state index in [4.69, 9.17) is 0 Å². The summed E-state index contributed by atoms with van der Waals surface area (Å²) in [5.41, 5.74) is 1.48. The minimum atomic E-state index is 0.181. The standard InChI is InChI=1S/C14H23N3/c1-5-17(12-9-15-10-12)13-7-6-11(8-16-13)14(2,3)4/h6-8,12,15H,5,9-10H2,1-4H3. The van der Waals surface area contributed by atoms with Gasteiger partial charge in [0, 0.05) is 25.8 Å². The zero-order chi connectivity index (χ0) is 12.5. The van der Waals surface area contributed by atoms with Gasteiger partial charge in [-0.1, -0.05) is 26.8 Å². The quantitative estimate of drug-likeness (QED) is 0.867. The molecule has 0 bridgehead atoms. The lowest BCUT2D eigenvalue weighted by atomic mass is 9.88. The van der Waals surface area contributed by atoms with Crippen LogP contribution in [0.15, 0.2) is 18.3 Å². The average Bonchev–Trinajstić information content (AvgIpc) is 2.22. The number of pyridine rings is 1. The van der Waals surface area contributed by atoms with Gasteiger partial charge in [-0.2, -0.15) is 0 Å². The summed E-state index contributed by atoms with van der Waals surface area (Å²) in [5.74, 6) is 1.10. The maximum Gasteiger partial charge on any atom is 0.128 e. The fraction of sp³-hybridized carbons (Fsp3) is 0.643. The highest BCUT2D eigenvalue weighted by molar-refractivity contribution is 5.42. The van der Waals surface area contributed by atoms with Crippen molar-refractivity contribution in [3.8, 4) is 0 Å². The van der Waals surface area contributed by atoms with Crippen LogP contribution in [0.1, 0.15) is 33.3 Å². The Morgan fingerprint density at radius 1 is 1.35 bits per heavy atom. The van der Waals surface area contributed by atoms with Gasteiger partial charge in [0.25, 0.3) is 0 Å². The molecule has 2 rings (SSSR count). The topological polar surface area (TPSA) is 28.2 Å². The molecule has 3 nitrogen and oxygen atoms in total. The summed E-state index contributed by atoms with van der Waals surface area (Å²) in [6.07, 6.45) is 2.02. The third kappa shape index (κ3) is 2.60. The number of hydrogen-bond donors (Lipinski definition) is 1. The van der Waals surface area contributed by atoms with E-state index in [2.05, 4.69) is 55.0 Å². The summed E-state index contributed by atoms with van der Waals surface area (Å²) >= 11 is 0. The van der Waals surface area contributed by atoms with Crippen molar-refractivity contribution in [3.63, 3.8) is 0 Å². The first-order valence-corrected chi connectivity index (χ1v) is 6.46. The predicted octanol–water partition coefficient (Wildman–Crippen LogP) is 2.18. The van der Waals surface area contributed by atoms with Gasteiger partial charge in [-0.15, -0.1) is 0 Å². The van der Waals surface area contributed by atoms with Gasteiger partial charge in [-0.25, -0.2) is 4.98 Å². The van der Waals surface area contributed by atoms with E-state index in [1.807, 2.05) is 6.20 Å². The van der Waals surface area contributed by atoms with Gasteiger partial charge in [-0.05, 0) is 24.0 Å². The van der Waals surface area contributed by atoms with Crippen LogP contribution in [0.3, 0.4) is 0 Å². The molecule has 1 N–H and O–H groups in total. The van der Waals surface area contributed by atoms with E-state index in [-0.39, 0.29) is 5.41 Å². The van der Waals surface area contributed by atoms with Crippen LogP contribution in [0.5, 0.6) is 0 Å². The van der Waals surface area contributed by atoms with Crippen LogP contribution in [0, 0.1) is 0 Å². The van der Waals surface area contributed by atoms with E-state index in [1.54, 1.807) is 0 Å². The number of likely N-dealkylation sites (N-methyl/N-ethyl adjacent to an activating group) is 1. The van der Waals surface area contributed by atoms with Gasteiger partial charge in [0.1, 0.15) is 5.82 Å². The van der Waals surface area contributed by atoms with E-state index < -0.39 is 0 Å². The second-order valence-corrected chi connectivity index (χ2v) is 5.75. The maximum absolute atomic E-state index is 4.62. The Kier molecular flexibility index (Phi) is 3.38. The van der Waals surface area contributed by atoms with Gasteiger partial charge in [0.15, 0.2) is 0 Å². The second-order valence-electron chi connectivity index (χ2n) is 5.75. The summed E-state index contributed by atoms with van der Waals surface area (Å²) in [6, 6.07) is 4.98. The molecule has 0 aliphatic carbocycles. The van der Waals surface area contributed by atoms with Gasteiger partial charge in [0.2, 0.25) is 0 Å². The molecule has 1 aliphatic heterocycles. The lowest BCUT2D eigenvalue weighted by molar-refractivity contribution is 0.415. The largest absolute Gasteiger partial charge is 0.351 e. The van der Waals surface area contributed by atoms with Crippen molar-refractivity contribution in [1.82, 2.24) is 10.3 Å². The van der Waals surface area contributed by atoms with Crippen molar-refractivity contribution >= 4 is 5.82 Å². The second kappa shape index (κ2) is 4.65. The Hall–Kier alpha value is -1.09. The highest BCUT2D eigenvalue weighted by Gasteiger charge is 2.24. The van der Waals surface area contributed by atoms with E-state index in [0.717, 1.165) is 25.5 Å². The molecule has 94 valence electrons. The molecular formula is C14H23N3. The highest BCUT2D eigenvalue weighted by Crippen LogP contribution is 2.24. The van der Waals surface area contributed by atoms with Crippen molar-refractivity contribution in [2.24, 2.45) is 0 Å². The SMILES string of the molecule is CCN(c1ccc(C(C)(C)C)cn1)C1CNC1. The van der Waals surface area contributed by atoms with Crippen molar-refractivity contribution in [2.75, 3.05) is 24.5 Å². The molecule has 0 radical (unpaired) electrons. The normalized spacial score (nSPS) is 16.7. The fourth-order valence-electron chi connectivity index (χ4n) is 2.10. The monoisotopic (exact) mass is 233 g/mol. The zero-order valence-corrected chi connectivity index (χ0v) is 11.3. The van der Waals surface area contributed by atoms with E-state index >= 15 is 0 Å². The molecule has 1 aromatic rings. The Morgan fingerprint density at radius 2 is 2.06 bits per heavy atom. The van der Waals surface area contributed by atoms with Gasteiger partial charge < -0.3 is 10.2 Å². The molecule has 1 aromatic heterocycles. The number of aromatic nitrogens is 1. The van der Waals surface area contributed by atoms with Crippen LogP contribution < -0.4 is 10.2 Å². The number of hydrogen-bond acceptors (Lipinski definition) is 3. The molecule has 0 unspecified atom stereocenters. The number of rotatable bonds is 3. The first-order valence-electron chi connectivity index (χ1n) is 6.46. The molecule has 1 aliphatic rings. The van der Waals surface area contributed by atoms with Crippen LogP contribution >= 0.6 is 0 Å². The Bertz CT molecular complexity index is 360. The molecule has 3 heteroatoms. The summed E-state index contributed by atoms with van der Waals surface area (Å²) in [6.45, 7) is 12.0. The molecule has 0 atom stereocenters. The number of anilines is 1. The Labute approximate surface area is 104 Å². The third-order valence-electron chi connectivity index (χ3n) is 3.45. The smallest absolute Gasteiger partial charge is 0.128 e. The number of nitrogens with zero attached hydrogens (tertiary/aromatic N) is 2. The minimum Gasteiger partial charge on any atom is -0.351 e. The molecule has 17 heavy (non-hydrogen) atoms. The number of nitrogens with one attached hydrogen (secondary N) is 1. The van der Waals surface area contributed by atoms with E-state index in [0.29, 0.717) is 6.04 Å². The Balaban J connectivity index is 2.16. The van der Waals surface area contributed by atoms with Crippen LogP contribution in [-0.4, -0.2) is 30.7 Å². The van der Waals surface area contributed by atoms with Gasteiger partial charge in [-0.3, -0.25) is 0 Å². The average molecular weight is 233 g/mol. The van der Waals surface area contributed by atoms with Crippen LogP contribution in [0.2, 0.25) is 0 Å². The molecule has 2 heterocycles. The molecule has 0 saturated carbocycles. The van der Waals surface area contributed by atoms with Gasteiger partial charge >= 0.3 is 0 Å². The molecule has 0 amide bonds. The molecular weight excluding hydrogens is 210 g/mol. The van der Waals surface area contributed by atoms with E-state index in [1.165, 1.54) is 5.56 Å². The first-order chi connectivity index (χ1) is 8.02. The Morgan fingerprint density at radius 3 is 2.41 bits per heavy atom. The van der Waals surface area contributed by atoms with Crippen molar-refractivity contribution < 1.29 is 0 Å². The lowest BCUT2D eigenvalue weighted by Gasteiger charge is -2.38. The molecule has 1 fully saturated rings. The summed E-state index contributed by atoms with van der Waals surface area (Å²) in [7, 11) is 0. The molecule has 0 spiro atoms. The highest BCUT2D eigenvalue weighted by atomic mass is 15.3. The predicted molar refractivity (Wildman–Crippen MR) is 72.6 cm³/mol. The van der Waals surface area contributed by atoms with Crippen molar-refractivity contribution in [1.29, 1.82) is 0 Å². The third-order valence-corrected chi connectivity index (χ3v) is 3.45. The minimum absolute atomic E-state index is 0.181. The molecule has 1 saturated heterocycles. The maximum atomic E-state index is 4.62. The summed E-state index contributed by atoms with van der Waals surface area (Å²) in [4.78, 5) is 7.00. The van der Waals surface area contributed by atoms with Crippen LogP contribution in [0.25, 0.3) is 0 Å². The first kappa shape index (κ1) is 12.4.